The standard InChI is InChI=1S/C5H2Br3NOS/c6-1-2(7)4(8)11-3(1)5(9)10/h(H2,9,10). The number of primary amides is 1. The molecule has 0 aliphatic rings. The van der Waals surface area contributed by atoms with Gasteiger partial charge in [0.2, 0.25) is 0 Å². The van der Waals surface area contributed by atoms with Crippen LogP contribution in [0.4, 0.5) is 0 Å². The smallest absolute Gasteiger partial charge is 0.260 e. The van der Waals surface area contributed by atoms with Crippen molar-refractivity contribution in [3.63, 3.8) is 0 Å². The molecule has 0 aliphatic heterocycles. The maximum absolute atomic E-state index is 10.7. The van der Waals surface area contributed by atoms with Gasteiger partial charge in [0.15, 0.2) is 0 Å². The molecule has 2 nitrogen and oxygen atoms in total. The van der Waals surface area contributed by atoms with Crippen molar-refractivity contribution in [1.82, 2.24) is 0 Å². The van der Waals surface area contributed by atoms with Crippen LogP contribution in [0.15, 0.2) is 12.7 Å². The number of amides is 1. The Labute approximate surface area is 92.5 Å². The molecule has 1 aromatic heterocycles. The topological polar surface area (TPSA) is 43.1 Å². The van der Waals surface area contributed by atoms with Crippen molar-refractivity contribution < 1.29 is 4.79 Å². The average Bonchev–Trinajstić information content (AvgIpc) is 2.17. The Hall–Kier alpha value is 0.610. The highest BCUT2D eigenvalue weighted by Gasteiger charge is 2.15. The Morgan fingerprint density at radius 3 is 2.00 bits per heavy atom. The monoisotopic (exact) mass is 361 g/mol. The third-order valence-electron chi connectivity index (χ3n) is 0.980. The Morgan fingerprint density at radius 1 is 1.27 bits per heavy atom. The van der Waals surface area contributed by atoms with Gasteiger partial charge in [0.05, 0.1) is 12.7 Å². The van der Waals surface area contributed by atoms with Crippen LogP contribution in [-0.4, -0.2) is 5.91 Å². The van der Waals surface area contributed by atoms with Gasteiger partial charge in [-0.15, -0.1) is 11.3 Å². The number of thiophene rings is 1. The average molecular weight is 364 g/mol. The Kier molecular flexibility index (Phi) is 3.13. The van der Waals surface area contributed by atoms with E-state index in [4.69, 9.17) is 5.73 Å². The minimum Gasteiger partial charge on any atom is -0.365 e. The van der Waals surface area contributed by atoms with Gasteiger partial charge < -0.3 is 5.73 Å². The first-order valence-electron chi connectivity index (χ1n) is 2.47. The lowest BCUT2D eigenvalue weighted by atomic mass is 10.5. The number of hydrogen-bond donors (Lipinski definition) is 1. The van der Waals surface area contributed by atoms with E-state index in [9.17, 15) is 4.79 Å². The Bertz CT molecular complexity index is 309. The van der Waals surface area contributed by atoms with Crippen LogP contribution in [0, 0.1) is 0 Å². The molecule has 0 aliphatic carbocycles. The molecule has 1 amide bonds. The summed E-state index contributed by atoms with van der Waals surface area (Å²) in [6.07, 6.45) is 0. The second-order valence-corrected chi connectivity index (χ2v) is 5.62. The van der Waals surface area contributed by atoms with E-state index >= 15 is 0 Å². The van der Waals surface area contributed by atoms with Crippen molar-refractivity contribution in [1.29, 1.82) is 0 Å². The van der Waals surface area contributed by atoms with Gasteiger partial charge in [-0.1, -0.05) is 0 Å². The minimum absolute atomic E-state index is 0.423. The lowest BCUT2D eigenvalue weighted by Crippen LogP contribution is -2.09. The van der Waals surface area contributed by atoms with Gasteiger partial charge >= 0.3 is 0 Å². The first-order chi connectivity index (χ1) is 5.04. The summed E-state index contributed by atoms with van der Waals surface area (Å²) < 4.78 is 2.40. The van der Waals surface area contributed by atoms with Crippen molar-refractivity contribution >= 4 is 65.0 Å². The fourth-order valence-corrected chi connectivity index (χ4v) is 3.48. The molecule has 0 spiro atoms. The molecule has 11 heavy (non-hydrogen) atoms. The molecule has 0 saturated carbocycles. The summed E-state index contributed by atoms with van der Waals surface area (Å²) in [6.45, 7) is 0. The van der Waals surface area contributed by atoms with Gasteiger partial charge in [-0.2, -0.15) is 0 Å². The molecule has 0 aromatic carbocycles. The summed E-state index contributed by atoms with van der Waals surface area (Å²) in [7, 11) is 0. The number of carbonyl (C=O) groups excluding carboxylic acids is 1. The Balaban J connectivity index is 3.29. The lowest BCUT2D eigenvalue weighted by molar-refractivity contribution is 0.100. The van der Waals surface area contributed by atoms with Crippen molar-refractivity contribution in [2.45, 2.75) is 0 Å². The van der Waals surface area contributed by atoms with Crippen molar-refractivity contribution in [2.75, 3.05) is 0 Å². The van der Waals surface area contributed by atoms with Crippen LogP contribution in [0.25, 0.3) is 0 Å². The van der Waals surface area contributed by atoms with Crippen molar-refractivity contribution in [3.8, 4) is 0 Å². The third-order valence-corrected chi connectivity index (χ3v) is 6.03. The van der Waals surface area contributed by atoms with Crippen molar-refractivity contribution in [3.05, 3.63) is 17.6 Å². The van der Waals surface area contributed by atoms with E-state index in [0.717, 1.165) is 8.26 Å². The third kappa shape index (κ3) is 1.85. The van der Waals surface area contributed by atoms with Gasteiger partial charge in [-0.3, -0.25) is 4.79 Å². The van der Waals surface area contributed by atoms with Gasteiger partial charge in [0, 0.05) is 0 Å². The summed E-state index contributed by atoms with van der Waals surface area (Å²) in [5.74, 6) is -0.423. The van der Waals surface area contributed by atoms with Gasteiger partial charge in [-0.25, -0.2) is 0 Å². The number of carbonyl (C=O) groups is 1. The molecular formula is C5H2Br3NOS. The highest BCUT2D eigenvalue weighted by atomic mass is 79.9. The highest BCUT2D eigenvalue weighted by molar-refractivity contribution is 9.14. The Morgan fingerprint density at radius 2 is 1.82 bits per heavy atom. The number of rotatable bonds is 1. The molecule has 0 atom stereocenters. The number of hydrogen-bond acceptors (Lipinski definition) is 2. The zero-order valence-electron chi connectivity index (χ0n) is 5.03. The quantitative estimate of drug-likeness (QED) is 0.818. The van der Waals surface area contributed by atoms with E-state index in [1.54, 1.807) is 0 Å². The zero-order valence-corrected chi connectivity index (χ0v) is 10.6. The lowest BCUT2D eigenvalue weighted by Gasteiger charge is -1.88. The molecule has 60 valence electrons. The minimum atomic E-state index is -0.423. The molecule has 1 rings (SSSR count). The molecule has 0 unspecified atom stereocenters. The fourth-order valence-electron chi connectivity index (χ4n) is 0.524. The van der Waals surface area contributed by atoms with E-state index in [-0.39, 0.29) is 0 Å². The predicted octanol–water partition coefficient (Wildman–Crippen LogP) is 3.13. The number of nitrogens with two attached hydrogens (primary N) is 1. The van der Waals surface area contributed by atoms with Crippen LogP contribution in [0.2, 0.25) is 0 Å². The van der Waals surface area contributed by atoms with E-state index in [2.05, 4.69) is 47.8 Å². The first kappa shape index (κ1) is 9.70. The second kappa shape index (κ2) is 3.55. The summed E-state index contributed by atoms with van der Waals surface area (Å²) in [4.78, 5) is 11.3. The van der Waals surface area contributed by atoms with E-state index < -0.39 is 5.91 Å². The summed E-state index contributed by atoms with van der Waals surface area (Å²) in [5.41, 5.74) is 5.10. The van der Waals surface area contributed by atoms with Crippen LogP contribution in [0.1, 0.15) is 9.67 Å². The molecule has 2 N–H and O–H groups in total. The largest absolute Gasteiger partial charge is 0.365 e. The molecule has 6 heteroatoms. The van der Waals surface area contributed by atoms with Crippen LogP contribution in [-0.2, 0) is 0 Å². The van der Waals surface area contributed by atoms with Gasteiger partial charge in [0.1, 0.15) is 4.88 Å². The molecular weight excluding hydrogens is 362 g/mol. The second-order valence-electron chi connectivity index (χ2n) is 1.70. The SMILES string of the molecule is NC(=O)c1sc(Br)c(Br)c1Br. The van der Waals surface area contributed by atoms with Crippen LogP contribution in [0.5, 0.6) is 0 Å². The zero-order chi connectivity index (χ0) is 8.59. The summed E-state index contributed by atoms with van der Waals surface area (Å²) in [6, 6.07) is 0. The van der Waals surface area contributed by atoms with E-state index in [1.165, 1.54) is 11.3 Å². The molecule has 0 fully saturated rings. The van der Waals surface area contributed by atoms with Gasteiger partial charge in [-0.05, 0) is 47.8 Å². The molecule has 0 radical (unpaired) electrons. The van der Waals surface area contributed by atoms with Crippen LogP contribution in [0.3, 0.4) is 0 Å². The van der Waals surface area contributed by atoms with E-state index in [0.29, 0.717) is 9.35 Å². The molecule has 1 aromatic rings. The maximum Gasteiger partial charge on any atom is 0.260 e. The van der Waals surface area contributed by atoms with Crippen molar-refractivity contribution in [2.24, 2.45) is 5.73 Å². The summed E-state index contributed by atoms with van der Waals surface area (Å²) >= 11 is 11.1. The highest BCUT2D eigenvalue weighted by Crippen LogP contribution is 2.40. The number of halogens is 3. The van der Waals surface area contributed by atoms with Gasteiger partial charge in [0.25, 0.3) is 5.91 Å². The fraction of sp³-hybridized carbons (Fsp3) is 0. The summed E-state index contributed by atoms with van der Waals surface area (Å²) in [5, 5.41) is 0. The predicted molar refractivity (Wildman–Crippen MR) is 55.9 cm³/mol. The molecule has 1 heterocycles. The normalized spacial score (nSPS) is 10.1. The first-order valence-corrected chi connectivity index (χ1v) is 5.66. The maximum atomic E-state index is 10.7. The molecule has 0 bridgehead atoms. The van der Waals surface area contributed by atoms with Crippen LogP contribution >= 0.6 is 59.1 Å². The van der Waals surface area contributed by atoms with Crippen LogP contribution < -0.4 is 5.73 Å². The van der Waals surface area contributed by atoms with E-state index in [1.807, 2.05) is 0 Å². The molecule has 0 saturated heterocycles.